The summed E-state index contributed by atoms with van der Waals surface area (Å²) >= 11 is 0. The van der Waals surface area contributed by atoms with Gasteiger partial charge in [-0.1, -0.05) is 12.8 Å². The first-order valence-corrected chi connectivity index (χ1v) is 6.68. The fourth-order valence-corrected chi connectivity index (χ4v) is 3.58. The van der Waals surface area contributed by atoms with Crippen LogP contribution in [-0.4, -0.2) is 44.2 Å². The van der Waals surface area contributed by atoms with E-state index in [4.69, 9.17) is 10.5 Å². The Balaban J connectivity index is 2.05. The average molecular weight is 240 g/mol. The SMILES string of the molecule is COCC12CCCCC1CN(C(=O)CCN)C2. The third kappa shape index (κ3) is 2.47. The Kier molecular flexibility index (Phi) is 4.05. The zero-order chi connectivity index (χ0) is 12.3. The summed E-state index contributed by atoms with van der Waals surface area (Å²) in [4.78, 5) is 14.0. The Bertz CT molecular complexity index is 279. The molecule has 2 fully saturated rings. The molecule has 4 nitrogen and oxygen atoms in total. The number of likely N-dealkylation sites (tertiary alicyclic amines) is 1. The second-order valence-corrected chi connectivity index (χ2v) is 5.55. The molecule has 2 atom stereocenters. The molecule has 4 heteroatoms. The Labute approximate surface area is 103 Å². The standard InChI is InChI=1S/C13H24N2O2/c1-17-10-13-6-3-2-4-11(13)8-15(9-13)12(16)5-7-14/h11H,2-10,14H2,1H3. The van der Waals surface area contributed by atoms with Crippen LogP contribution in [0.1, 0.15) is 32.1 Å². The summed E-state index contributed by atoms with van der Waals surface area (Å²) in [6.45, 7) is 3.05. The van der Waals surface area contributed by atoms with Crippen LogP contribution in [0.5, 0.6) is 0 Å². The van der Waals surface area contributed by atoms with Crippen molar-refractivity contribution in [1.29, 1.82) is 0 Å². The molecule has 0 radical (unpaired) electrons. The van der Waals surface area contributed by atoms with Crippen LogP contribution >= 0.6 is 0 Å². The Hall–Kier alpha value is -0.610. The van der Waals surface area contributed by atoms with Crippen LogP contribution in [0, 0.1) is 11.3 Å². The van der Waals surface area contributed by atoms with Crippen molar-refractivity contribution in [2.24, 2.45) is 17.1 Å². The third-order valence-corrected chi connectivity index (χ3v) is 4.43. The van der Waals surface area contributed by atoms with Gasteiger partial charge in [-0.25, -0.2) is 0 Å². The molecule has 1 aliphatic heterocycles. The topological polar surface area (TPSA) is 55.6 Å². The molecule has 2 unspecified atom stereocenters. The summed E-state index contributed by atoms with van der Waals surface area (Å²) in [6, 6.07) is 0. The molecular formula is C13H24N2O2. The molecular weight excluding hydrogens is 216 g/mol. The number of hydrogen-bond donors (Lipinski definition) is 1. The van der Waals surface area contributed by atoms with E-state index in [2.05, 4.69) is 0 Å². The van der Waals surface area contributed by atoms with E-state index in [-0.39, 0.29) is 11.3 Å². The third-order valence-electron chi connectivity index (χ3n) is 4.43. The first kappa shape index (κ1) is 12.8. The Morgan fingerprint density at radius 2 is 2.35 bits per heavy atom. The highest BCUT2D eigenvalue weighted by Crippen LogP contribution is 2.46. The van der Waals surface area contributed by atoms with Gasteiger partial charge in [0.05, 0.1) is 6.61 Å². The van der Waals surface area contributed by atoms with Crippen LogP contribution in [0.4, 0.5) is 0 Å². The van der Waals surface area contributed by atoms with Gasteiger partial charge in [0, 0.05) is 38.6 Å². The van der Waals surface area contributed by atoms with Gasteiger partial charge in [-0.3, -0.25) is 4.79 Å². The number of methoxy groups -OCH3 is 1. The molecule has 1 saturated heterocycles. The predicted molar refractivity (Wildman–Crippen MR) is 66.5 cm³/mol. The number of rotatable bonds is 4. The van der Waals surface area contributed by atoms with E-state index >= 15 is 0 Å². The number of nitrogens with zero attached hydrogens (tertiary/aromatic N) is 1. The highest BCUT2D eigenvalue weighted by atomic mass is 16.5. The van der Waals surface area contributed by atoms with Gasteiger partial charge in [-0.05, 0) is 18.8 Å². The highest BCUT2D eigenvalue weighted by molar-refractivity contribution is 5.76. The normalized spacial score (nSPS) is 32.6. The Morgan fingerprint density at radius 1 is 1.53 bits per heavy atom. The van der Waals surface area contributed by atoms with E-state index < -0.39 is 0 Å². The lowest BCUT2D eigenvalue weighted by atomic mass is 9.69. The minimum atomic E-state index is 0.220. The van der Waals surface area contributed by atoms with Crippen molar-refractivity contribution in [3.63, 3.8) is 0 Å². The van der Waals surface area contributed by atoms with Gasteiger partial charge in [-0.15, -0.1) is 0 Å². The van der Waals surface area contributed by atoms with E-state index in [0.717, 1.165) is 19.7 Å². The van der Waals surface area contributed by atoms with Gasteiger partial charge in [0.1, 0.15) is 0 Å². The van der Waals surface area contributed by atoms with Crippen molar-refractivity contribution in [3.8, 4) is 0 Å². The molecule has 98 valence electrons. The molecule has 0 spiro atoms. The van der Waals surface area contributed by atoms with E-state index in [9.17, 15) is 4.79 Å². The molecule has 2 rings (SSSR count). The summed E-state index contributed by atoms with van der Waals surface area (Å²) in [7, 11) is 1.77. The minimum Gasteiger partial charge on any atom is -0.384 e. The maximum Gasteiger partial charge on any atom is 0.223 e. The van der Waals surface area contributed by atoms with Gasteiger partial charge in [0.25, 0.3) is 0 Å². The maximum absolute atomic E-state index is 11.9. The quantitative estimate of drug-likeness (QED) is 0.797. The van der Waals surface area contributed by atoms with Crippen LogP contribution < -0.4 is 5.73 Å². The van der Waals surface area contributed by atoms with Crippen molar-refractivity contribution in [2.75, 3.05) is 33.4 Å². The molecule has 1 heterocycles. The van der Waals surface area contributed by atoms with E-state index in [1.54, 1.807) is 7.11 Å². The van der Waals surface area contributed by atoms with Gasteiger partial charge < -0.3 is 15.4 Å². The van der Waals surface area contributed by atoms with Gasteiger partial charge in [0.2, 0.25) is 5.91 Å². The van der Waals surface area contributed by atoms with E-state index in [1.807, 2.05) is 4.90 Å². The zero-order valence-corrected chi connectivity index (χ0v) is 10.8. The van der Waals surface area contributed by atoms with E-state index in [0.29, 0.717) is 18.9 Å². The van der Waals surface area contributed by atoms with Crippen molar-refractivity contribution in [2.45, 2.75) is 32.1 Å². The van der Waals surface area contributed by atoms with Gasteiger partial charge in [-0.2, -0.15) is 0 Å². The monoisotopic (exact) mass is 240 g/mol. The van der Waals surface area contributed by atoms with Gasteiger partial charge in [0.15, 0.2) is 0 Å². The molecule has 0 aromatic rings. The lowest BCUT2D eigenvalue weighted by Crippen LogP contribution is -2.38. The summed E-state index contributed by atoms with van der Waals surface area (Å²) < 4.78 is 5.41. The van der Waals surface area contributed by atoms with Crippen LogP contribution in [0.25, 0.3) is 0 Å². The number of carbonyl (C=O) groups is 1. The number of carbonyl (C=O) groups excluding carboxylic acids is 1. The number of fused-ring (bicyclic) bond motifs is 1. The van der Waals surface area contributed by atoms with Crippen LogP contribution in [0.2, 0.25) is 0 Å². The summed E-state index contributed by atoms with van der Waals surface area (Å²) in [5, 5.41) is 0. The fourth-order valence-electron chi connectivity index (χ4n) is 3.58. The second-order valence-electron chi connectivity index (χ2n) is 5.55. The lowest BCUT2D eigenvalue weighted by molar-refractivity contribution is -0.130. The predicted octanol–water partition coefficient (Wildman–Crippen LogP) is 1.00. The van der Waals surface area contributed by atoms with Gasteiger partial charge >= 0.3 is 0 Å². The first-order chi connectivity index (χ1) is 8.22. The minimum absolute atomic E-state index is 0.220. The summed E-state index contributed by atoms with van der Waals surface area (Å²) in [5.74, 6) is 0.857. The van der Waals surface area contributed by atoms with Crippen LogP contribution in [0.15, 0.2) is 0 Å². The smallest absolute Gasteiger partial charge is 0.223 e. The number of nitrogens with two attached hydrogens (primary N) is 1. The van der Waals surface area contributed by atoms with Crippen molar-refractivity contribution in [1.82, 2.24) is 4.90 Å². The molecule has 0 bridgehead atoms. The molecule has 0 aromatic heterocycles. The molecule has 1 saturated carbocycles. The zero-order valence-electron chi connectivity index (χ0n) is 10.8. The van der Waals surface area contributed by atoms with Crippen LogP contribution in [-0.2, 0) is 9.53 Å². The molecule has 2 aliphatic rings. The van der Waals surface area contributed by atoms with Crippen molar-refractivity contribution in [3.05, 3.63) is 0 Å². The lowest BCUT2D eigenvalue weighted by Gasteiger charge is -2.37. The van der Waals surface area contributed by atoms with Crippen molar-refractivity contribution >= 4 is 5.91 Å². The Morgan fingerprint density at radius 3 is 3.06 bits per heavy atom. The van der Waals surface area contributed by atoms with Crippen LogP contribution in [0.3, 0.4) is 0 Å². The largest absolute Gasteiger partial charge is 0.384 e. The maximum atomic E-state index is 11.9. The number of ether oxygens (including phenoxy) is 1. The van der Waals surface area contributed by atoms with E-state index in [1.165, 1.54) is 25.7 Å². The molecule has 2 N–H and O–H groups in total. The average Bonchev–Trinajstić information content (AvgIpc) is 2.69. The second kappa shape index (κ2) is 5.36. The van der Waals surface area contributed by atoms with Crippen molar-refractivity contribution < 1.29 is 9.53 Å². The first-order valence-electron chi connectivity index (χ1n) is 6.68. The molecule has 1 amide bonds. The summed E-state index contributed by atoms with van der Waals surface area (Å²) in [5.41, 5.74) is 5.70. The summed E-state index contributed by atoms with van der Waals surface area (Å²) in [6.07, 6.45) is 5.51. The molecule has 17 heavy (non-hydrogen) atoms. The highest BCUT2D eigenvalue weighted by Gasteiger charge is 2.48. The number of hydrogen-bond acceptors (Lipinski definition) is 3. The molecule has 0 aromatic carbocycles. The molecule has 1 aliphatic carbocycles. The number of amides is 1. The fraction of sp³-hybridized carbons (Fsp3) is 0.923.